The minimum Gasteiger partial charge on any atom is -0.384 e. The fourth-order valence-corrected chi connectivity index (χ4v) is 1.97. The van der Waals surface area contributed by atoms with Crippen molar-refractivity contribution in [1.82, 2.24) is 9.97 Å². The molecule has 3 rings (SSSR count). The summed E-state index contributed by atoms with van der Waals surface area (Å²) >= 11 is 5.92. The molecule has 3 N–H and O–H groups in total. The molecule has 0 aliphatic rings. The summed E-state index contributed by atoms with van der Waals surface area (Å²) in [5.41, 5.74) is 7.63. The summed E-state index contributed by atoms with van der Waals surface area (Å²) in [5.74, 6) is 0.526. The van der Waals surface area contributed by atoms with Crippen LogP contribution in [0.25, 0.3) is 21.8 Å². The van der Waals surface area contributed by atoms with Crippen LogP contribution in [0.15, 0.2) is 30.5 Å². The zero-order valence-corrected chi connectivity index (χ0v) is 8.55. The monoisotopic (exact) mass is 217 g/mol. The molecule has 3 aromatic rings. The predicted molar refractivity (Wildman–Crippen MR) is 63.0 cm³/mol. The van der Waals surface area contributed by atoms with Crippen LogP contribution >= 0.6 is 11.6 Å². The van der Waals surface area contributed by atoms with Crippen molar-refractivity contribution in [2.75, 3.05) is 5.73 Å². The summed E-state index contributed by atoms with van der Waals surface area (Å²) in [6, 6.07) is 7.61. The zero-order valence-electron chi connectivity index (χ0n) is 7.79. The van der Waals surface area contributed by atoms with Crippen LogP contribution in [0.4, 0.5) is 5.82 Å². The lowest BCUT2D eigenvalue weighted by Crippen LogP contribution is -1.87. The van der Waals surface area contributed by atoms with E-state index >= 15 is 0 Å². The molecule has 4 heteroatoms. The van der Waals surface area contributed by atoms with Crippen molar-refractivity contribution in [3.8, 4) is 0 Å². The molecule has 0 fully saturated rings. The highest BCUT2D eigenvalue weighted by Gasteiger charge is 2.04. The third-order valence-corrected chi connectivity index (χ3v) is 2.70. The Kier molecular flexibility index (Phi) is 1.64. The number of nitrogens with one attached hydrogen (secondary N) is 1. The van der Waals surface area contributed by atoms with Crippen LogP contribution < -0.4 is 5.73 Å². The van der Waals surface area contributed by atoms with E-state index in [-0.39, 0.29) is 0 Å². The second-order valence-corrected chi connectivity index (χ2v) is 3.91. The smallest absolute Gasteiger partial charge is 0.124 e. The maximum Gasteiger partial charge on any atom is 0.124 e. The van der Waals surface area contributed by atoms with Gasteiger partial charge >= 0.3 is 0 Å². The van der Waals surface area contributed by atoms with Crippen molar-refractivity contribution in [1.29, 1.82) is 0 Å². The van der Waals surface area contributed by atoms with Crippen LogP contribution in [0.2, 0.25) is 5.02 Å². The van der Waals surface area contributed by atoms with Crippen molar-refractivity contribution in [3.05, 3.63) is 35.5 Å². The number of fused-ring (bicyclic) bond motifs is 3. The van der Waals surface area contributed by atoms with Crippen LogP contribution in [-0.4, -0.2) is 9.97 Å². The Labute approximate surface area is 90.9 Å². The molecule has 0 saturated heterocycles. The number of hydrogen-bond acceptors (Lipinski definition) is 2. The molecule has 15 heavy (non-hydrogen) atoms. The Morgan fingerprint density at radius 1 is 1.13 bits per heavy atom. The van der Waals surface area contributed by atoms with Crippen LogP contribution in [0.3, 0.4) is 0 Å². The van der Waals surface area contributed by atoms with E-state index in [0.29, 0.717) is 5.82 Å². The normalized spacial score (nSPS) is 11.3. The first-order chi connectivity index (χ1) is 7.24. The summed E-state index contributed by atoms with van der Waals surface area (Å²) < 4.78 is 0. The number of anilines is 1. The predicted octanol–water partition coefficient (Wildman–Crippen LogP) is 2.95. The van der Waals surface area contributed by atoms with Crippen LogP contribution in [0.1, 0.15) is 0 Å². The first-order valence-corrected chi connectivity index (χ1v) is 4.94. The fraction of sp³-hybridized carbons (Fsp3) is 0. The average Bonchev–Trinajstić information content (AvgIpc) is 2.54. The van der Waals surface area contributed by atoms with Gasteiger partial charge in [-0.3, -0.25) is 0 Å². The first kappa shape index (κ1) is 8.56. The molecule has 0 bridgehead atoms. The first-order valence-electron chi connectivity index (χ1n) is 4.56. The molecule has 74 valence electrons. The number of nitrogens with two attached hydrogens (primary N) is 1. The number of rotatable bonds is 0. The Bertz CT molecular complexity index is 657. The van der Waals surface area contributed by atoms with Crippen molar-refractivity contribution in [2.45, 2.75) is 0 Å². The lowest BCUT2D eigenvalue weighted by atomic mass is 10.2. The van der Waals surface area contributed by atoms with E-state index in [2.05, 4.69) is 9.97 Å². The van der Waals surface area contributed by atoms with Gasteiger partial charge in [0.15, 0.2) is 0 Å². The molecule has 2 aromatic heterocycles. The standard InChI is InChI=1S/C11H8ClN3/c12-6-1-2-7-8-4-11(13)14-5-10(8)15-9(7)3-6/h1-5,15H,(H2,13,14). The topological polar surface area (TPSA) is 54.7 Å². The molecule has 0 amide bonds. The average molecular weight is 218 g/mol. The number of aromatic amines is 1. The largest absolute Gasteiger partial charge is 0.384 e. The minimum atomic E-state index is 0.526. The van der Waals surface area contributed by atoms with Gasteiger partial charge in [-0.25, -0.2) is 4.98 Å². The molecule has 2 heterocycles. The summed E-state index contributed by atoms with van der Waals surface area (Å²) in [6.45, 7) is 0. The van der Waals surface area contributed by atoms with E-state index in [1.807, 2.05) is 24.3 Å². The summed E-state index contributed by atoms with van der Waals surface area (Å²) in [6.07, 6.45) is 1.73. The van der Waals surface area contributed by atoms with Gasteiger partial charge < -0.3 is 10.7 Å². The highest BCUT2D eigenvalue weighted by Crippen LogP contribution is 2.27. The number of pyridine rings is 1. The maximum absolute atomic E-state index is 5.92. The van der Waals surface area contributed by atoms with Crippen molar-refractivity contribution in [3.63, 3.8) is 0 Å². The number of aromatic nitrogens is 2. The molecular weight excluding hydrogens is 210 g/mol. The lowest BCUT2D eigenvalue weighted by molar-refractivity contribution is 1.35. The maximum atomic E-state index is 5.92. The van der Waals surface area contributed by atoms with E-state index in [1.54, 1.807) is 6.20 Å². The molecule has 0 radical (unpaired) electrons. The van der Waals surface area contributed by atoms with E-state index in [1.165, 1.54) is 0 Å². The molecule has 0 spiro atoms. The molecular formula is C11H8ClN3. The van der Waals surface area contributed by atoms with Gasteiger partial charge in [0.1, 0.15) is 5.82 Å². The van der Waals surface area contributed by atoms with E-state index < -0.39 is 0 Å². The van der Waals surface area contributed by atoms with Crippen LogP contribution in [-0.2, 0) is 0 Å². The number of hydrogen-bond donors (Lipinski definition) is 2. The Morgan fingerprint density at radius 2 is 2.00 bits per heavy atom. The molecule has 0 unspecified atom stereocenters. The number of halogens is 1. The lowest BCUT2D eigenvalue weighted by Gasteiger charge is -1.93. The molecule has 0 aliphatic carbocycles. The van der Waals surface area contributed by atoms with Crippen molar-refractivity contribution in [2.24, 2.45) is 0 Å². The number of nitrogen functional groups attached to an aromatic ring is 1. The Morgan fingerprint density at radius 3 is 2.87 bits per heavy atom. The van der Waals surface area contributed by atoms with Gasteiger partial charge in [-0.15, -0.1) is 0 Å². The second-order valence-electron chi connectivity index (χ2n) is 3.47. The number of benzene rings is 1. The highest BCUT2D eigenvalue weighted by atomic mass is 35.5. The minimum absolute atomic E-state index is 0.526. The SMILES string of the molecule is Nc1cc2c(cn1)[nH]c1cc(Cl)ccc12. The second kappa shape index (κ2) is 2.87. The van der Waals surface area contributed by atoms with E-state index in [0.717, 1.165) is 26.8 Å². The molecule has 3 nitrogen and oxygen atoms in total. The van der Waals surface area contributed by atoms with E-state index in [4.69, 9.17) is 17.3 Å². The number of H-pyrrole nitrogens is 1. The molecule has 0 aliphatic heterocycles. The van der Waals surface area contributed by atoms with Gasteiger partial charge in [-0.2, -0.15) is 0 Å². The summed E-state index contributed by atoms with van der Waals surface area (Å²) in [4.78, 5) is 7.28. The zero-order chi connectivity index (χ0) is 10.4. The summed E-state index contributed by atoms with van der Waals surface area (Å²) in [7, 11) is 0. The Hall–Kier alpha value is -1.74. The fourth-order valence-electron chi connectivity index (χ4n) is 1.79. The van der Waals surface area contributed by atoms with Crippen LogP contribution in [0.5, 0.6) is 0 Å². The third-order valence-electron chi connectivity index (χ3n) is 2.47. The van der Waals surface area contributed by atoms with Gasteiger partial charge in [0.05, 0.1) is 11.7 Å². The van der Waals surface area contributed by atoms with Crippen molar-refractivity contribution >= 4 is 39.2 Å². The molecule has 0 atom stereocenters. The highest BCUT2D eigenvalue weighted by molar-refractivity contribution is 6.31. The van der Waals surface area contributed by atoms with Gasteiger partial charge in [0.2, 0.25) is 0 Å². The van der Waals surface area contributed by atoms with E-state index in [9.17, 15) is 0 Å². The molecule has 1 aromatic carbocycles. The number of nitrogens with zero attached hydrogens (tertiary/aromatic N) is 1. The van der Waals surface area contributed by atoms with Crippen molar-refractivity contribution < 1.29 is 0 Å². The molecule has 0 saturated carbocycles. The van der Waals surface area contributed by atoms with Crippen LogP contribution in [0, 0.1) is 0 Å². The van der Waals surface area contributed by atoms with Gasteiger partial charge in [-0.05, 0) is 18.2 Å². The third kappa shape index (κ3) is 1.24. The van der Waals surface area contributed by atoms with Gasteiger partial charge in [0, 0.05) is 21.3 Å². The van der Waals surface area contributed by atoms with Gasteiger partial charge in [0.25, 0.3) is 0 Å². The quantitative estimate of drug-likeness (QED) is 0.608. The Balaban J connectivity index is 2.53. The van der Waals surface area contributed by atoms with Gasteiger partial charge in [-0.1, -0.05) is 17.7 Å². The summed E-state index contributed by atoms with van der Waals surface area (Å²) in [5, 5.41) is 2.91.